The van der Waals surface area contributed by atoms with E-state index in [0.717, 1.165) is 0 Å². The van der Waals surface area contributed by atoms with Gasteiger partial charge in [-0.25, -0.2) is 4.39 Å². The van der Waals surface area contributed by atoms with Crippen LogP contribution in [0.1, 0.15) is 5.56 Å². The maximum atomic E-state index is 12.9. The molecule has 0 spiro atoms. The van der Waals surface area contributed by atoms with E-state index in [1.807, 2.05) is 0 Å². The lowest BCUT2D eigenvalue weighted by molar-refractivity contribution is 0.615. The minimum Gasteiger partial charge on any atom is -0.207 e. The lowest BCUT2D eigenvalue weighted by Crippen LogP contribution is -1.88. The first-order chi connectivity index (χ1) is 5.25. The number of allylic oxidation sites excluding steroid dienone is 1. The van der Waals surface area contributed by atoms with Crippen molar-refractivity contribution in [3.05, 3.63) is 47.3 Å². The van der Waals surface area contributed by atoms with Crippen molar-refractivity contribution in [3.8, 4) is 0 Å². The summed E-state index contributed by atoms with van der Waals surface area (Å²) in [7, 11) is 0. The minimum absolute atomic E-state index is 0.266. The Bertz CT molecular complexity index is 248. The maximum absolute atomic E-state index is 12.9. The monoisotopic (exact) mass is 170 g/mol. The molecule has 1 aromatic rings. The van der Waals surface area contributed by atoms with Gasteiger partial charge in [0, 0.05) is 10.6 Å². The fourth-order valence-corrected chi connectivity index (χ4v) is 1.11. The SMILES string of the molecule is C=CCc1c(F)cccc1Cl. The number of hydrogen-bond acceptors (Lipinski definition) is 0. The molecule has 0 radical (unpaired) electrons. The van der Waals surface area contributed by atoms with Crippen molar-refractivity contribution in [2.45, 2.75) is 6.42 Å². The smallest absolute Gasteiger partial charge is 0.128 e. The second kappa shape index (κ2) is 3.54. The van der Waals surface area contributed by atoms with Gasteiger partial charge in [0.1, 0.15) is 5.82 Å². The standard InChI is InChI=1S/C9H8ClF/c1-2-4-7-8(10)5-3-6-9(7)11/h2-3,5-6H,1,4H2. The van der Waals surface area contributed by atoms with E-state index in [-0.39, 0.29) is 5.82 Å². The zero-order chi connectivity index (χ0) is 8.27. The molecule has 1 aromatic carbocycles. The third-order valence-electron chi connectivity index (χ3n) is 1.41. The number of rotatable bonds is 2. The van der Waals surface area contributed by atoms with E-state index in [2.05, 4.69) is 6.58 Å². The molecule has 0 aromatic heterocycles. The molecule has 0 aliphatic rings. The van der Waals surface area contributed by atoms with Crippen LogP contribution in [0.15, 0.2) is 30.9 Å². The molecule has 0 saturated heterocycles. The summed E-state index contributed by atoms with van der Waals surface area (Å²) in [6, 6.07) is 4.65. The van der Waals surface area contributed by atoms with Crippen LogP contribution in [0.3, 0.4) is 0 Å². The highest BCUT2D eigenvalue weighted by atomic mass is 35.5. The van der Waals surface area contributed by atoms with E-state index in [4.69, 9.17) is 11.6 Å². The van der Waals surface area contributed by atoms with Crippen LogP contribution in [0.5, 0.6) is 0 Å². The van der Waals surface area contributed by atoms with Crippen molar-refractivity contribution >= 4 is 11.6 Å². The summed E-state index contributed by atoms with van der Waals surface area (Å²) in [5.74, 6) is -0.266. The normalized spacial score (nSPS) is 9.64. The fourth-order valence-electron chi connectivity index (χ4n) is 0.872. The Morgan fingerprint density at radius 3 is 2.82 bits per heavy atom. The van der Waals surface area contributed by atoms with Crippen LogP contribution in [0.4, 0.5) is 4.39 Å². The molecular weight excluding hydrogens is 163 g/mol. The quantitative estimate of drug-likeness (QED) is 0.598. The summed E-state index contributed by atoms with van der Waals surface area (Å²) in [6.07, 6.45) is 2.11. The highest BCUT2D eigenvalue weighted by molar-refractivity contribution is 6.31. The van der Waals surface area contributed by atoms with E-state index in [9.17, 15) is 4.39 Å². The van der Waals surface area contributed by atoms with Crippen LogP contribution >= 0.6 is 11.6 Å². The molecule has 0 bridgehead atoms. The Morgan fingerprint density at radius 2 is 2.27 bits per heavy atom. The van der Waals surface area contributed by atoms with E-state index < -0.39 is 0 Å². The van der Waals surface area contributed by atoms with Gasteiger partial charge in [-0.3, -0.25) is 0 Å². The van der Waals surface area contributed by atoms with Crippen LogP contribution in [0.25, 0.3) is 0 Å². The minimum atomic E-state index is -0.266. The van der Waals surface area contributed by atoms with Crippen molar-refractivity contribution in [2.24, 2.45) is 0 Å². The highest BCUT2D eigenvalue weighted by Gasteiger charge is 2.02. The molecule has 11 heavy (non-hydrogen) atoms. The average molecular weight is 171 g/mol. The summed E-state index contributed by atoms with van der Waals surface area (Å²) in [4.78, 5) is 0. The van der Waals surface area contributed by atoms with E-state index in [0.29, 0.717) is 17.0 Å². The van der Waals surface area contributed by atoms with Gasteiger partial charge in [0.25, 0.3) is 0 Å². The van der Waals surface area contributed by atoms with Crippen LogP contribution in [-0.4, -0.2) is 0 Å². The first-order valence-electron chi connectivity index (χ1n) is 3.29. The molecule has 0 atom stereocenters. The van der Waals surface area contributed by atoms with E-state index in [1.54, 1.807) is 18.2 Å². The van der Waals surface area contributed by atoms with Gasteiger partial charge in [-0.05, 0) is 18.6 Å². The largest absolute Gasteiger partial charge is 0.207 e. The summed E-state index contributed by atoms with van der Waals surface area (Å²) in [5, 5.41) is 0.463. The number of benzene rings is 1. The molecule has 58 valence electrons. The molecule has 0 fully saturated rings. The Hall–Kier alpha value is -0.820. The fraction of sp³-hybridized carbons (Fsp3) is 0.111. The summed E-state index contributed by atoms with van der Waals surface area (Å²) >= 11 is 5.72. The predicted molar refractivity (Wildman–Crippen MR) is 45.3 cm³/mol. The lowest BCUT2D eigenvalue weighted by atomic mass is 10.1. The molecule has 0 unspecified atom stereocenters. The molecule has 2 heteroatoms. The third-order valence-corrected chi connectivity index (χ3v) is 1.76. The molecular formula is C9H8ClF. The molecule has 0 aliphatic heterocycles. The number of hydrogen-bond donors (Lipinski definition) is 0. The lowest BCUT2D eigenvalue weighted by Gasteiger charge is -2.00. The van der Waals surface area contributed by atoms with Gasteiger partial charge in [0.05, 0.1) is 0 Å². The van der Waals surface area contributed by atoms with Crippen molar-refractivity contribution < 1.29 is 4.39 Å². The topological polar surface area (TPSA) is 0 Å². The van der Waals surface area contributed by atoms with Gasteiger partial charge in [-0.1, -0.05) is 23.7 Å². The Kier molecular flexibility index (Phi) is 2.66. The van der Waals surface area contributed by atoms with Gasteiger partial charge in [-0.2, -0.15) is 0 Å². The van der Waals surface area contributed by atoms with Crippen molar-refractivity contribution in [1.82, 2.24) is 0 Å². The van der Waals surface area contributed by atoms with E-state index >= 15 is 0 Å². The number of halogens is 2. The van der Waals surface area contributed by atoms with Crippen molar-refractivity contribution in [3.63, 3.8) is 0 Å². The Labute approximate surface area is 70.3 Å². The van der Waals surface area contributed by atoms with Gasteiger partial charge < -0.3 is 0 Å². The molecule has 1 rings (SSSR count). The maximum Gasteiger partial charge on any atom is 0.128 e. The van der Waals surface area contributed by atoms with Gasteiger partial charge in [-0.15, -0.1) is 6.58 Å². The highest BCUT2D eigenvalue weighted by Crippen LogP contribution is 2.19. The predicted octanol–water partition coefficient (Wildman–Crippen LogP) is 3.21. The zero-order valence-corrected chi connectivity index (χ0v) is 6.74. The first kappa shape index (κ1) is 8.28. The van der Waals surface area contributed by atoms with Gasteiger partial charge >= 0.3 is 0 Å². The van der Waals surface area contributed by atoms with E-state index in [1.165, 1.54) is 6.07 Å². The molecule has 0 nitrogen and oxygen atoms in total. The average Bonchev–Trinajstić information content (AvgIpc) is 1.97. The molecule has 0 saturated carbocycles. The van der Waals surface area contributed by atoms with Crippen LogP contribution in [-0.2, 0) is 6.42 Å². The summed E-state index contributed by atoms with van der Waals surface area (Å²) < 4.78 is 12.9. The molecule has 0 N–H and O–H groups in total. The summed E-state index contributed by atoms with van der Waals surface area (Å²) in [5.41, 5.74) is 0.518. The molecule has 0 heterocycles. The molecule has 0 amide bonds. The van der Waals surface area contributed by atoms with Crippen LogP contribution in [0.2, 0.25) is 5.02 Å². The zero-order valence-electron chi connectivity index (χ0n) is 5.98. The second-order valence-electron chi connectivity index (χ2n) is 2.19. The third kappa shape index (κ3) is 1.81. The van der Waals surface area contributed by atoms with Gasteiger partial charge in [0.15, 0.2) is 0 Å². The Morgan fingerprint density at radius 1 is 1.55 bits per heavy atom. The second-order valence-corrected chi connectivity index (χ2v) is 2.60. The van der Waals surface area contributed by atoms with Crippen molar-refractivity contribution in [2.75, 3.05) is 0 Å². The summed E-state index contributed by atoms with van der Waals surface area (Å²) in [6.45, 7) is 3.51. The van der Waals surface area contributed by atoms with Crippen LogP contribution < -0.4 is 0 Å². The van der Waals surface area contributed by atoms with Crippen molar-refractivity contribution in [1.29, 1.82) is 0 Å². The Balaban J connectivity index is 3.09. The first-order valence-corrected chi connectivity index (χ1v) is 3.67. The van der Waals surface area contributed by atoms with Crippen LogP contribution in [0, 0.1) is 5.82 Å². The van der Waals surface area contributed by atoms with Gasteiger partial charge in [0.2, 0.25) is 0 Å². The molecule has 0 aliphatic carbocycles.